The number of amides is 2. The van der Waals surface area contributed by atoms with E-state index in [0.29, 0.717) is 6.04 Å². The molecule has 0 heterocycles. The van der Waals surface area contributed by atoms with Crippen LogP contribution in [0.25, 0.3) is 0 Å². The second kappa shape index (κ2) is 10.9. The Hall–Kier alpha value is -2.05. The quantitative estimate of drug-likeness (QED) is 0.402. The Labute approximate surface area is 161 Å². The number of rotatable bonds is 7. The van der Waals surface area contributed by atoms with E-state index in [1.54, 1.807) is 6.92 Å². The second-order valence-corrected chi connectivity index (χ2v) is 7.73. The first-order valence-corrected chi connectivity index (χ1v) is 9.95. The number of carbonyl (C=O) groups excluding carboxylic acids is 3. The third-order valence-electron chi connectivity index (χ3n) is 5.65. The first kappa shape index (κ1) is 21.3. The van der Waals surface area contributed by atoms with Crippen molar-refractivity contribution in [2.24, 2.45) is 11.8 Å². The van der Waals surface area contributed by atoms with E-state index < -0.39 is 18.9 Å². The summed E-state index contributed by atoms with van der Waals surface area (Å²) in [6, 6.07) is 0.481. The zero-order chi connectivity index (χ0) is 19.6. The molecule has 2 rings (SSSR count). The van der Waals surface area contributed by atoms with Crippen LogP contribution in [0.2, 0.25) is 0 Å². The lowest BCUT2D eigenvalue weighted by atomic mass is 9.75. The van der Waals surface area contributed by atoms with E-state index in [-0.39, 0.29) is 11.9 Å². The Balaban J connectivity index is 1.57. The molecule has 2 fully saturated rings. The fourth-order valence-corrected chi connectivity index (χ4v) is 4.25. The highest BCUT2D eigenvalue weighted by Crippen LogP contribution is 2.35. The minimum atomic E-state index is -0.616. The van der Waals surface area contributed by atoms with Crippen LogP contribution in [-0.4, -0.2) is 36.8 Å². The van der Waals surface area contributed by atoms with Gasteiger partial charge in [-0.3, -0.25) is 4.79 Å². The molecule has 27 heavy (non-hydrogen) atoms. The van der Waals surface area contributed by atoms with E-state index in [0.717, 1.165) is 56.4 Å². The van der Waals surface area contributed by atoms with Crippen LogP contribution in [0.1, 0.15) is 64.7 Å². The highest BCUT2D eigenvalue weighted by molar-refractivity contribution is 5.81. The van der Waals surface area contributed by atoms with E-state index in [1.807, 2.05) is 0 Å². The minimum Gasteiger partial charge on any atom is -0.425 e. The van der Waals surface area contributed by atoms with Crippen molar-refractivity contribution in [2.45, 2.75) is 76.8 Å². The van der Waals surface area contributed by atoms with Crippen molar-refractivity contribution in [1.82, 2.24) is 10.6 Å². The minimum absolute atomic E-state index is 0.0710. The van der Waals surface area contributed by atoms with Crippen LogP contribution < -0.4 is 10.6 Å². The molecule has 0 aromatic rings. The molecule has 0 aromatic carbocycles. The summed E-state index contributed by atoms with van der Waals surface area (Å²) in [6.45, 7) is 4.46. The SMILES string of the molecule is C=CC(=O)OCOC(=O)NC1CCC(CC2CCC(NC(C)=O)CC2)CC1. The summed E-state index contributed by atoms with van der Waals surface area (Å²) in [6.07, 6.45) is 10.4. The van der Waals surface area contributed by atoms with Crippen molar-refractivity contribution in [2.75, 3.05) is 6.79 Å². The Kier molecular flexibility index (Phi) is 8.61. The Morgan fingerprint density at radius 3 is 1.89 bits per heavy atom. The van der Waals surface area contributed by atoms with Gasteiger partial charge in [0.05, 0.1) is 0 Å². The summed E-state index contributed by atoms with van der Waals surface area (Å²) < 4.78 is 9.45. The smallest absolute Gasteiger partial charge is 0.410 e. The van der Waals surface area contributed by atoms with Crippen LogP contribution in [0, 0.1) is 11.8 Å². The lowest BCUT2D eigenvalue weighted by Gasteiger charge is -2.34. The first-order chi connectivity index (χ1) is 13.0. The number of esters is 1. The van der Waals surface area contributed by atoms with Crippen molar-refractivity contribution in [3.8, 4) is 0 Å². The topological polar surface area (TPSA) is 93.7 Å². The summed E-state index contributed by atoms with van der Waals surface area (Å²) in [5.74, 6) is 0.931. The van der Waals surface area contributed by atoms with Crippen LogP contribution in [0.3, 0.4) is 0 Å². The molecule has 0 bridgehead atoms. The molecule has 0 radical (unpaired) electrons. The van der Waals surface area contributed by atoms with Gasteiger partial charge in [-0.1, -0.05) is 6.58 Å². The fraction of sp³-hybridized carbons (Fsp3) is 0.750. The standard InChI is InChI=1S/C20H32N2O5/c1-3-19(24)26-13-27-20(25)22-18-10-6-16(7-11-18)12-15-4-8-17(9-5-15)21-14(2)23/h3,15-18H,1,4-13H2,2H3,(H,21,23)(H,22,25). The zero-order valence-electron chi connectivity index (χ0n) is 16.2. The lowest BCUT2D eigenvalue weighted by molar-refractivity contribution is -0.145. The molecule has 0 atom stereocenters. The Morgan fingerprint density at radius 1 is 0.889 bits per heavy atom. The van der Waals surface area contributed by atoms with Crippen molar-refractivity contribution in [3.63, 3.8) is 0 Å². The molecule has 0 saturated heterocycles. The van der Waals surface area contributed by atoms with Gasteiger partial charge in [0.2, 0.25) is 12.7 Å². The lowest BCUT2D eigenvalue weighted by Crippen LogP contribution is -2.39. The van der Waals surface area contributed by atoms with E-state index >= 15 is 0 Å². The van der Waals surface area contributed by atoms with Gasteiger partial charge in [0.1, 0.15) is 0 Å². The first-order valence-electron chi connectivity index (χ1n) is 9.95. The highest BCUT2D eigenvalue weighted by Gasteiger charge is 2.27. The van der Waals surface area contributed by atoms with Gasteiger partial charge in [0.25, 0.3) is 0 Å². The van der Waals surface area contributed by atoms with E-state index in [2.05, 4.69) is 21.9 Å². The molecule has 0 aromatic heterocycles. The molecule has 2 aliphatic carbocycles. The molecule has 2 aliphatic rings. The van der Waals surface area contributed by atoms with Gasteiger partial charge in [0.15, 0.2) is 0 Å². The number of hydrogen-bond donors (Lipinski definition) is 2. The Bertz CT molecular complexity index is 520. The van der Waals surface area contributed by atoms with Crippen molar-refractivity contribution in [3.05, 3.63) is 12.7 Å². The van der Waals surface area contributed by atoms with Crippen molar-refractivity contribution < 1.29 is 23.9 Å². The third-order valence-corrected chi connectivity index (χ3v) is 5.65. The van der Waals surface area contributed by atoms with Gasteiger partial charge in [-0.15, -0.1) is 0 Å². The van der Waals surface area contributed by atoms with Crippen molar-refractivity contribution in [1.29, 1.82) is 0 Å². The number of ether oxygens (including phenoxy) is 2. The molecule has 2 saturated carbocycles. The van der Waals surface area contributed by atoms with Crippen LogP contribution >= 0.6 is 0 Å². The van der Waals surface area contributed by atoms with Gasteiger partial charge in [-0.25, -0.2) is 9.59 Å². The summed E-state index contributed by atoms with van der Waals surface area (Å²) in [5, 5.41) is 5.87. The van der Waals surface area contributed by atoms with Crippen LogP contribution in [-0.2, 0) is 19.1 Å². The molecule has 7 nitrogen and oxygen atoms in total. The monoisotopic (exact) mass is 380 g/mol. The maximum Gasteiger partial charge on any atom is 0.410 e. The van der Waals surface area contributed by atoms with Gasteiger partial charge >= 0.3 is 12.1 Å². The summed E-state index contributed by atoms with van der Waals surface area (Å²) >= 11 is 0. The van der Waals surface area contributed by atoms with E-state index in [9.17, 15) is 14.4 Å². The average molecular weight is 380 g/mol. The molecular weight excluding hydrogens is 348 g/mol. The molecule has 2 N–H and O–H groups in total. The van der Waals surface area contributed by atoms with Gasteiger partial charge in [-0.05, 0) is 69.6 Å². The van der Waals surface area contributed by atoms with Gasteiger partial charge in [-0.2, -0.15) is 0 Å². The molecule has 0 spiro atoms. The normalized spacial score (nSPS) is 27.9. The predicted octanol–water partition coefficient (Wildman–Crippen LogP) is 3.04. The van der Waals surface area contributed by atoms with Crippen LogP contribution in [0.5, 0.6) is 0 Å². The van der Waals surface area contributed by atoms with Crippen LogP contribution in [0.15, 0.2) is 12.7 Å². The summed E-state index contributed by atoms with van der Waals surface area (Å²) in [5.41, 5.74) is 0. The molecular formula is C20H32N2O5. The predicted molar refractivity (Wildman–Crippen MR) is 101 cm³/mol. The maximum atomic E-state index is 11.7. The molecule has 152 valence electrons. The molecule has 0 aliphatic heterocycles. The average Bonchev–Trinajstić information content (AvgIpc) is 2.64. The van der Waals surface area contributed by atoms with E-state index in [4.69, 9.17) is 4.74 Å². The summed E-state index contributed by atoms with van der Waals surface area (Å²) in [4.78, 5) is 33.7. The maximum absolute atomic E-state index is 11.7. The van der Waals surface area contributed by atoms with Crippen molar-refractivity contribution >= 4 is 18.0 Å². The zero-order valence-corrected chi connectivity index (χ0v) is 16.2. The second-order valence-electron chi connectivity index (χ2n) is 7.73. The van der Waals surface area contributed by atoms with E-state index in [1.165, 1.54) is 19.3 Å². The number of nitrogens with one attached hydrogen (secondary N) is 2. The fourth-order valence-electron chi connectivity index (χ4n) is 4.25. The number of alkyl carbamates (subject to hydrolysis) is 1. The van der Waals surface area contributed by atoms with Gasteiger partial charge < -0.3 is 20.1 Å². The Morgan fingerprint density at radius 2 is 1.41 bits per heavy atom. The van der Waals surface area contributed by atoms with Gasteiger partial charge in [0, 0.05) is 25.1 Å². The van der Waals surface area contributed by atoms with Crippen LogP contribution in [0.4, 0.5) is 4.79 Å². The largest absolute Gasteiger partial charge is 0.425 e. The number of carbonyl (C=O) groups is 3. The molecule has 0 unspecified atom stereocenters. The third kappa shape index (κ3) is 8.01. The number of hydrogen-bond acceptors (Lipinski definition) is 5. The summed E-state index contributed by atoms with van der Waals surface area (Å²) in [7, 11) is 0. The highest BCUT2D eigenvalue weighted by atomic mass is 16.7. The molecule has 7 heteroatoms. The molecule has 2 amide bonds.